The summed E-state index contributed by atoms with van der Waals surface area (Å²) >= 11 is 0. The molecule has 0 bridgehead atoms. The zero-order chi connectivity index (χ0) is 13.5. The van der Waals surface area contributed by atoms with Crippen molar-refractivity contribution in [2.45, 2.75) is 6.92 Å². The van der Waals surface area contributed by atoms with E-state index in [1.54, 1.807) is 0 Å². The van der Waals surface area contributed by atoms with Crippen LogP contribution in [0.3, 0.4) is 0 Å². The Labute approximate surface area is 136 Å². The summed E-state index contributed by atoms with van der Waals surface area (Å²) in [6.45, 7) is 2.06. The van der Waals surface area contributed by atoms with Crippen molar-refractivity contribution < 1.29 is 24.5 Å². The molecular weight excluding hydrogens is 438 g/mol. The van der Waals surface area contributed by atoms with Crippen LogP contribution in [0.4, 0.5) is 0 Å². The standard InChI is InChI=1S/C18H12NO.Ir/c1-12-9-10-19-16(11-12)15-7-4-6-14-13-5-2-3-8-17(13)20-18(14)15;/h2-6,8-11H,1H3;/q-1;. The number of hydrogen-bond acceptors (Lipinski definition) is 2. The van der Waals surface area contributed by atoms with Crippen LogP contribution >= 0.6 is 0 Å². The zero-order valence-corrected chi connectivity index (χ0v) is 13.8. The molecule has 0 saturated carbocycles. The van der Waals surface area contributed by atoms with E-state index in [0.29, 0.717) is 0 Å². The second-order valence-electron chi connectivity index (χ2n) is 4.91. The quantitative estimate of drug-likeness (QED) is 0.391. The summed E-state index contributed by atoms with van der Waals surface area (Å²) in [4.78, 5) is 4.44. The van der Waals surface area contributed by atoms with Gasteiger partial charge in [0.25, 0.3) is 0 Å². The third kappa shape index (κ3) is 2.29. The van der Waals surface area contributed by atoms with Crippen LogP contribution in [0.25, 0.3) is 33.2 Å². The van der Waals surface area contributed by atoms with Crippen molar-refractivity contribution in [1.29, 1.82) is 0 Å². The first kappa shape index (κ1) is 14.0. The van der Waals surface area contributed by atoms with Crippen LogP contribution < -0.4 is 0 Å². The minimum absolute atomic E-state index is 0. The van der Waals surface area contributed by atoms with Crippen LogP contribution in [0.1, 0.15) is 5.56 Å². The van der Waals surface area contributed by atoms with E-state index in [-0.39, 0.29) is 20.1 Å². The Morgan fingerprint density at radius 2 is 1.90 bits per heavy atom. The molecule has 0 aliphatic heterocycles. The van der Waals surface area contributed by atoms with Crippen molar-refractivity contribution in [2.24, 2.45) is 0 Å². The minimum Gasteiger partial charge on any atom is -0.501 e. The van der Waals surface area contributed by atoms with Crippen LogP contribution in [-0.4, -0.2) is 4.98 Å². The summed E-state index contributed by atoms with van der Waals surface area (Å²) in [5.74, 6) is 0. The topological polar surface area (TPSA) is 26.0 Å². The van der Waals surface area contributed by atoms with Gasteiger partial charge in [-0.25, -0.2) is 0 Å². The molecule has 0 spiro atoms. The molecule has 0 unspecified atom stereocenters. The molecule has 0 aliphatic carbocycles. The molecule has 2 heterocycles. The fraction of sp³-hybridized carbons (Fsp3) is 0.0556. The second kappa shape index (κ2) is 5.44. The Morgan fingerprint density at radius 3 is 2.76 bits per heavy atom. The number of aromatic nitrogens is 1. The van der Waals surface area contributed by atoms with Gasteiger partial charge in [0.15, 0.2) is 0 Å². The first-order chi connectivity index (χ1) is 9.83. The molecule has 4 rings (SSSR count). The molecule has 3 heteroatoms. The van der Waals surface area contributed by atoms with Gasteiger partial charge in [0.1, 0.15) is 5.58 Å². The summed E-state index contributed by atoms with van der Waals surface area (Å²) in [5.41, 5.74) is 4.75. The molecule has 105 valence electrons. The fourth-order valence-electron chi connectivity index (χ4n) is 2.55. The number of nitrogens with zero attached hydrogens (tertiary/aromatic N) is 1. The SMILES string of the molecule is Cc1ccnc(-c2[c-]ccc3c2oc2ccccc23)c1.[Ir]. The van der Waals surface area contributed by atoms with E-state index < -0.39 is 0 Å². The van der Waals surface area contributed by atoms with Crippen molar-refractivity contribution in [3.63, 3.8) is 0 Å². The van der Waals surface area contributed by atoms with Crippen molar-refractivity contribution in [3.8, 4) is 11.3 Å². The predicted octanol–water partition coefficient (Wildman–Crippen LogP) is 4.75. The van der Waals surface area contributed by atoms with Crippen LogP contribution in [0.2, 0.25) is 0 Å². The van der Waals surface area contributed by atoms with E-state index in [9.17, 15) is 0 Å². The average Bonchev–Trinajstić information content (AvgIpc) is 2.86. The molecule has 0 atom stereocenters. The van der Waals surface area contributed by atoms with E-state index in [1.165, 1.54) is 5.56 Å². The molecule has 0 N–H and O–H groups in total. The fourth-order valence-corrected chi connectivity index (χ4v) is 2.55. The van der Waals surface area contributed by atoms with E-state index in [0.717, 1.165) is 33.2 Å². The number of para-hydroxylation sites is 1. The van der Waals surface area contributed by atoms with E-state index in [4.69, 9.17) is 4.42 Å². The summed E-state index contributed by atoms with van der Waals surface area (Å²) in [6, 6.07) is 19.4. The molecule has 4 aromatic rings. The molecule has 0 fully saturated rings. The Balaban J connectivity index is 0.00000132. The van der Waals surface area contributed by atoms with Gasteiger partial charge in [-0.05, 0) is 24.8 Å². The van der Waals surface area contributed by atoms with Gasteiger partial charge in [0.05, 0.1) is 5.58 Å². The molecule has 21 heavy (non-hydrogen) atoms. The molecule has 0 saturated heterocycles. The summed E-state index contributed by atoms with van der Waals surface area (Å²) in [6.07, 6.45) is 1.82. The Morgan fingerprint density at radius 1 is 1.05 bits per heavy atom. The number of hydrogen-bond donors (Lipinski definition) is 0. The molecule has 2 aromatic heterocycles. The van der Waals surface area contributed by atoms with E-state index in [2.05, 4.69) is 30.1 Å². The van der Waals surface area contributed by atoms with E-state index in [1.807, 2.05) is 42.6 Å². The normalized spacial score (nSPS) is 10.7. The largest absolute Gasteiger partial charge is 0.501 e. The maximum atomic E-state index is 6.01. The third-order valence-corrected chi connectivity index (χ3v) is 3.51. The molecule has 0 amide bonds. The second-order valence-corrected chi connectivity index (χ2v) is 4.91. The Bertz CT molecular complexity index is 927. The smallest absolute Gasteiger partial charge is 0.120 e. The summed E-state index contributed by atoms with van der Waals surface area (Å²) in [5, 5.41) is 2.24. The van der Waals surface area contributed by atoms with Gasteiger partial charge in [0, 0.05) is 31.7 Å². The summed E-state index contributed by atoms with van der Waals surface area (Å²) in [7, 11) is 0. The Kier molecular flexibility index (Phi) is 3.62. The summed E-state index contributed by atoms with van der Waals surface area (Å²) < 4.78 is 6.01. The molecule has 2 nitrogen and oxygen atoms in total. The number of fused-ring (bicyclic) bond motifs is 3. The monoisotopic (exact) mass is 451 g/mol. The van der Waals surface area contributed by atoms with Gasteiger partial charge >= 0.3 is 0 Å². The van der Waals surface area contributed by atoms with Crippen molar-refractivity contribution in [3.05, 3.63) is 66.4 Å². The number of aryl methyl sites for hydroxylation is 1. The van der Waals surface area contributed by atoms with Gasteiger partial charge < -0.3 is 9.40 Å². The molecule has 0 aliphatic rings. The van der Waals surface area contributed by atoms with Crippen molar-refractivity contribution in [2.75, 3.05) is 0 Å². The van der Waals surface area contributed by atoms with Gasteiger partial charge in [-0.15, -0.1) is 18.2 Å². The van der Waals surface area contributed by atoms with Gasteiger partial charge in [-0.3, -0.25) is 0 Å². The van der Waals surface area contributed by atoms with Crippen LogP contribution in [-0.2, 0) is 20.1 Å². The molecule has 1 radical (unpaired) electrons. The van der Waals surface area contributed by atoms with Crippen LogP contribution in [0, 0.1) is 13.0 Å². The van der Waals surface area contributed by atoms with Gasteiger partial charge in [0.2, 0.25) is 0 Å². The first-order valence-corrected chi connectivity index (χ1v) is 6.58. The number of benzene rings is 2. The number of furan rings is 1. The predicted molar refractivity (Wildman–Crippen MR) is 80.5 cm³/mol. The van der Waals surface area contributed by atoms with Crippen molar-refractivity contribution in [1.82, 2.24) is 4.98 Å². The van der Waals surface area contributed by atoms with Gasteiger partial charge in [-0.1, -0.05) is 40.8 Å². The average molecular weight is 451 g/mol. The zero-order valence-electron chi connectivity index (χ0n) is 11.4. The third-order valence-electron chi connectivity index (χ3n) is 3.51. The maximum absolute atomic E-state index is 6.01. The minimum atomic E-state index is 0. The van der Waals surface area contributed by atoms with E-state index >= 15 is 0 Å². The van der Waals surface area contributed by atoms with Gasteiger partial charge in [-0.2, -0.15) is 0 Å². The maximum Gasteiger partial charge on any atom is 0.120 e. The van der Waals surface area contributed by atoms with Crippen molar-refractivity contribution >= 4 is 21.9 Å². The first-order valence-electron chi connectivity index (χ1n) is 6.58. The Hall–Kier alpha value is -1.96. The van der Waals surface area contributed by atoms with Crippen LogP contribution in [0.15, 0.2) is 59.1 Å². The molecule has 2 aromatic carbocycles. The number of pyridine rings is 1. The number of rotatable bonds is 1. The molecular formula is C18H12IrNO-. The van der Waals surface area contributed by atoms with Crippen LogP contribution in [0.5, 0.6) is 0 Å².